The number of ether oxygens (including phenoxy) is 1. The first kappa shape index (κ1) is 31.3. The Morgan fingerprint density at radius 1 is 1.10 bits per heavy atom. The summed E-state index contributed by atoms with van der Waals surface area (Å²) >= 11 is 0. The summed E-state index contributed by atoms with van der Waals surface area (Å²) in [7, 11) is 0. The van der Waals surface area contributed by atoms with Gasteiger partial charge in [-0.1, -0.05) is 70.9 Å². The first-order valence-corrected chi connectivity index (χ1v) is 15.3. The summed E-state index contributed by atoms with van der Waals surface area (Å²) < 4.78 is 5.50. The topological polar surface area (TPSA) is 141 Å². The lowest BCUT2D eigenvalue weighted by molar-refractivity contribution is -0.143. The van der Waals surface area contributed by atoms with E-state index in [-0.39, 0.29) is 48.6 Å². The minimum atomic E-state index is -0.919. The smallest absolute Gasteiger partial charge is 0.408 e. The fraction of sp³-hybridized carbons (Fsp3) is 0.656. The van der Waals surface area contributed by atoms with Gasteiger partial charge in [0.05, 0.1) is 6.07 Å². The Hall–Kier alpha value is -3.61. The molecule has 2 bridgehead atoms. The molecular weight excluding hydrogens is 534 g/mol. The van der Waals surface area contributed by atoms with E-state index in [1.54, 1.807) is 4.90 Å². The number of hydrogen-bond donors (Lipinski definition) is 3. The molecule has 0 aromatic heterocycles. The lowest BCUT2D eigenvalue weighted by atomic mass is 9.78. The molecule has 6 atom stereocenters. The second-order valence-corrected chi connectivity index (χ2v) is 13.1. The van der Waals surface area contributed by atoms with Gasteiger partial charge in [0.25, 0.3) is 0 Å². The van der Waals surface area contributed by atoms with Gasteiger partial charge in [-0.3, -0.25) is 14.4 Å². The molecular formula is C32H45N5O5. The SMILES string of the molecule is CC(C)[C@H]1CCN2C(=O)[C@@H](NC(=O)OCc3ccccc3)C(C)(C)CCCC[C@@H]3C[C@@H](CC(C#N)NC(=O)[C@H]12)C(=O)N3. The summed E-state index contributed by atoms with van der Waals surface area (Å²) in [5.41, 5.74) is 0.189. The van der Waals surface area contributed by atoms with Gasteiger partial charge >= 0.3 is 6.09 Å². The van der Waals surface area contributed by atoms with Crippen LogP contribution in [-0.4, -0.2) is 59.4 Å². The molecule has 42 heavy (non-hydrogen) atoms. The van der Waals surface area contributed by atoms with Crippen LogP contribution in [0.15, 0.2) is 30.3 Å². The Bertz CT molecular complexity index is 1180. The maximum Gasteiger partial charge on any atom is 0.408 e. The zero-order valence-electron chi connectivity index (χ0n) is 25.2. The van der Waals surface area contributed by atoms with Crippen LogP contribution in [0.25, 0.3) is 0 Å². The Labute approximate surface area is 248 Å². The molecule has 4 rings (SSSR count). The molecule has 10 nitrogen and oxygen atoms in total. The van der Waals surface area contributed by atoms with Crippen molar-refractivity contribution >= 4 is 23.8 Å². The van der Waals surface area contributed by atoms with E-state index < -0.39 is 35.5 Å². The predicted molar refractivity (Wildman–Crippen MR) is 156 cm³/mol. The van der Waals surface area contributed by atoms with E-state index >= 15 is 0 Å². The van der Waals surface area contributed by atoms with Gasteiger partial charge in [0, 0.05) is 18.5 Å². The first-order valence-electron chi connectivity index (χ1n) is 15.3. The molecule has 1 aromatic rings. The number of carbonyl (C=O) groups is 4. The summed E-state index contributed by atoms with van der Waals surface area (Å²) in [6.07, 6.45) is 3.91. The van der Waals surface area contributed by atoms with Crippen molar-refractivity contribution in [1.29, 1.82) is 5.26 Å². The van der Waals surface area contributed by atoms with Gasteiger partial charge in [-0.05, 0) is 54.9 Å². The number of carbonyl (C=O) groups excluding carboxylic acids is 4. The maximum absolute atomic E-state index is 14.3. The van der Waals surface area contributed by atoms with Crippen molar-refractivity contribution in [3.05, 3.63) is 35.9 Å². The lowest BCUT2D eigenvalue weighted by Gasteiger charge is -2.38. The van der Waals surface area contributed by atoms with Crippen molar-refractivity contribution in [2.75, 3.05) is 6.54 Å². The molecule has 3 heterocycles. The molecule has 1 unspecified atom stereocenters. The molecule has 3 aliphatic rings. The highest BCUT2D eigenvalue weighted by molar-refractivity contribution is 5.93. The van der Waals surface area contributed by atoms with Crippen molar-refractivity contribution in [3.63, 3.8) is 0 Å². The molecule has 3 N–H and O–H groups in total. The van der Waals surface area contributed by atoms with Crippen LogP contribution in [0.2, 0.25) is 0 Å². The second-order valence-electron chi connectivity index (χ2n) is 13.1. The van der Waals surface area contributed by atoms with E-state index in [2.05, 4.69) is 22.0 Å². The molecule has 10 heteroatoms. The van der Waals surface area contributed by atoms with Crippen LogP contribution in [0.4, 0.5) is 4.79 Å². The van der Waals surface area contributed by atoms with Crippen LogP contribution in [0.1, 0.15) is 78.2 Å². The van der Waals surface area contributed by atoms with Gasteiger partial charge in [0.1, 0.15) is 24.7 Å². The predicted octanol–water partition coefficient (Wildman–Crippen LogP) is 3.66. The van der Waals surface area contributed by atoms with Gasteiger partial charge in [-0.2, -0.15) is 5.26 Å². The summed E-state index contributed by atoms with van der Waals surface area (Å²) in [4.78, 5) is 55.4. The van der Waals surface area contributed by atoms with Crippen LogP contribution in [0.5, 0.6) is 0 Å². The highest BCUT2D eigenvalue weighted by Gasteiger charge is 2.48. The molecule has 0 saturated carbocycles. The van der Waals surface area contributed by atoms with Crippen molar-refractivity contribution in [1.82, 2.24) is 20.9 Å². The quantitative estimate of drug-likeness (QED) is 0.497. The lowest BCUT2D eigenvalue weighted by Crippen LogP contribution is -2.59. The number of hydrogen-bond acceptors (Lipinski definition) is 6. The second kappa shape index (κ2) is 13.6. The van der Waals surface area contributed by atoms with Crippen molar-refractivity contribution in [2.24, 2.45) is 23.2 Å². The minimum Gasteiger partial charge on any atom is -0.445 e. The molecule has 3 aliphatic heterocycles. The number of rotatable bonds is 4. The van der Waals surface area contributed by atoms with E-state index in [9.17, 15) is 24.4 Å². The highest BCUT2D eigenvalue weighted by atomic mass is 16.5. The number of nitriles is 1. The van der Waals surface area contributed by atoms with E-state index in [0.29, 0.717) is 25.8 Å². The van der Waals surface area contributed by atoms with Crippen molar-refractivity contribution in [3.8, 4) is 6.07 Å². The average molecular weight is 580 g/mol. The molecule has 228 valence electrons. The normalized spacial score (nSPS) is 30.2. The number of nitrogens with one attached hydrogen (secondary N) is 3. The van der Waals surface area contributed by atoms with Crippen molar-refractivity contribution in [2.45, 2.75) is 103 Å². The number of nitrogens with zero attached hydrogens (tertiary/aromatic N) is 2. The van der Waals surface area contributed by atoms with Crippen LogP contribution < -0.4 is 16.0 Å². The van der Waals surface area contributed by atoms with E-state index in [0.717, 1.165) is 24.8 Å². The van der Waals surface area contributed by atoms with E-state index in [1.807, 2.05) is 58.0 Å². The third kappa shape index (κ3) is 7.42. The van der Waals surface area contributed by atoms with Crippen LogP contribution in [0.3, 0.4) is 0 Å². The van der Waals surface area contributed by atoms with Crippen LogP contribution >= 0.6 is 0 Å². The van der Waals surface area contributed by atoms with E-state index in [1.165, 1.54) is 0 Å². The Morgan fingerprint density at radius 2 is 1.83 bits per heavy atom. The summed E-state index contributed by atoms with van der Waals surface area (Å²) in [6, 6.07) is 8.96. The first-order chi connectivity index (χ1) is 20.0. The standard InChI is InChI=1S/C32H45N5O5/c1-20(2)25-13-15-37-26(25)29(39)35-24(18-33)17-22-16-23(34-28(22)38)12-8-9-14-32(3,4)27(30(37)40)36-31(41)42-19-21-10-6-5-7-11-21/h5-7,10-11,20,22-27H,8-9,12-17,19H2,1-4H3,(H,34,38)(H,35,39)(H,36,41)/t22-,23+,24?,25+,26-,27+/m0/s1. The summed E-state index contributed by atoms with van der Waals surface area (Å²) in [6.45, 7) is 8.41. The molecule has 0 spiro atoms. The number of benzene rings is 1. The van der Waals surface area contributed by atoms with Gasteiger partial charge in [0.15, 0.2) is 0 Å². The molecule has 3 saturated heterocycles. The zero-order valence-corrected chi connectivity index (χ0v) is 25.2. The van der Waals surface area contributed by atoms with Gasteiger partial charge in [0.2, 0.25) is 17.7 Å². The summed E-state index contributed by atoms with van der Waals surface area (Å²) in [5, 5.41) is 18.7. The fourth-order valence-electron chi connectivity index (χ4n) is 6.76. The summed E-state index contributed by atoms with van der Waals surface area (Å²) in [5.74, 6) is -1.12. The van der Waals surface area contributed by atoms with Gasteiger partial charge < -0.3 is 25.6 Å². The molecule has 4 amide bonds. The van der Waals surface area contributed by atoms with Crippen LogP contribution in [0, 0.1) is 34.5 Å². The van der Waals surface area contributed by atoms with Crippen LogP contribution in [-0.2, 0) is 25.7 Å². The van der Waals surface area contributed by atoms with E-state index in [4.69, 9.17) is 4.74 Å². The third-order valence-corrected chi connectivity index (χ3v) is 9.26. The maximum atomic E-state index is 14.3. The number of amides is 4. The fourth-order valence-corrected chi connectivity index (χ4v) is 6.76. The zero-order chi connectivity index (χ0) is 30.4. The van der Waals surface area contributed by atoms with Gasteiger partial charge in [-0.15, -0.1) is 0 Å². The number of alkyl carbamates (subject to hydrolysis) is 1. The van der Waals surface area contributed by atoms with Gasteiger partial charge in [-0.25, -0.2) is 4.79 Å². The number of fused-ring (bicyclic) bond motifs is 3. The Balaban J connectivity index is 1.61. The largest absolute Gasteiger partial charge is 0.445 e. The Kier molecular flexibility index (Phi) is 10.1. The Morgan fingerprint density at radius 3 is 2.52 bits per heavy atom. The minimum absolute atomic E-state index is 0.0210. The molecule has 3 fully saturated rings. The molecule has 0 radical (unpaired) electrons. The average Bonchev–Trinajstić information content (AvgIpc) is 3.56. The highest BCUT2D eigenvalue weighted by Crippen LogP contribution is 2.36. The molecule has 0 aliphatic carbocycles. The van der Waals surface area contributed by atoms with Crippen molar-refractivity contribution < 1.29 is 23.9 Å². The monoisotopic (exact) mass is 579 g/mol. The molecule has 1 aromatic carbocycles. The third-order valence-electron chi connectivity index (χ3n) is 9.26.